The summed E-state index contributed by atoms with van der Waals surface area (Å²) < 4.78 is 19.0. The van der Waals surface area contributed by atoms with Crippen molar-refractivity contribution in [2.45, 2.75) is 77.0 Å². The van der Waals surface area contributed by atoms with Crippen molar-refractivity contribution in [3.8, 4) is 0 Å². The van der Waals surface area contributed by atoms with Crippen LogP contribution < -0.4 is 5.48 Å². The number of amides is 1. The first kappa shape index (κ1) is 21.3. The predicted octanol–water partition coefficient (Wildman–Crippen LogP) is 3.53. The highest BCUT2D eigenvalue weighted by Gasteiger charge is 2.69. The lowest BCUT2D eigenvalue weighted by atomic mass is 9.58. The molecule has 8 heteroatoms. The van der Waals surface area contributed by atoms with Crippen LogP contribution in [0.15, 0.2) is 24.3 Å². The van der Waals surface area contributed by atoms with Gasteiger partial charge < -0.3 is 14.2 Å². The molecule has 4 heterocycles. The molecule has 5 fully saturated rings. The molecule has 1 aliphatic carbocycles. The average Bonchev–Trinajstić information content (AvgIpc) is 3.01. The first-order chi connectivity index (χ1) is 14.9. The Morgan fingerprint density at radius 2 is 1.94 bits per heavy atom. The molecular weight excluding hydrogens is 402 g/mol. The standard InChI is InChI=1S/C23H31NO7/c1-13-4-9-18-14(2)20(27-12-15-5-7-16(8-6-15)19(25)24-26)28-21-23(18)17(13)10-11-22(3,29-21)30-31-23/h5-8,13-14,17-18,20-21,26H,4,9-12H2,1-3H3,(H,24,25)/t13-,14-,17+,18+,20+,21-,22-,23-/m1/s1. The second-order valence-corrected chi connectivity index (χ2v) is 9.72. The summed E-state index contributed by atoms with van der Waals surface area (Å²) in [5, 5.41) is 8.75. The van der Waals surface area contributed by atoms with Gasteiger partial charge in [-0.25, -0.2) is 15.3 Å². The van der Waals surface area contributed by atoms with Gasteiger partial charge in [0.2, 0.25) is 5.79 Å². The topological polar surface area (TPSA) is 95.5 Å². The SMILES string of the molecule is C[C@H]1[C@@H](OCc2ccc(C(=O)NO)cc2)O[C@@H]2O[C@@]3(C)CC[C@H]4[C@H](C)CC[C@@H]1[C@@]24OO3. The molecule has 6 rings (SSSR count). The van der Waals surface area contributed by atoms with Crippen LogP contribution in [0.2, 0.25) is 0 Å². The van der Waals surface area contributed by atoms with Gasteiger partial charge in [-0.3, -0.25) is 10.0 Å². The van der Waals surface area contributed by atoms with Crippen LogP contribution in [0.1, 0.15) is 62.4 Å². The minimum atomic E-state index is -0.800. The van der Waals surface area contributed by atoms with Gasteiger partial charge in [0.1, 0.15) is 0 Å². The zero-order valence-corrected chi connectivity index (χ0v) is 18.2. The fraction of sp³-hybridized carbons (Fsp3) is 0.696. The summed E-state index contributed by atoms with van der Waals surface area (Å²) in [6.45, 7) is 6.71. The maximum atomic E-state index is 11.5. The molecule has 0 aromatic heterocycles. The van der Waals surface area contributed by atoms with Crippen LogP contribution >= 0.6 is 0 Å². The zero-order valence-electron chi connectivity index (χ0n) is 18.2. The molecule has 0 radical (unpaired) electrons. The molecule has 8 nitrogen and oxygen atoms in total. The van der Waals surface area contributed by atoms with Gasteiger partial charge in [0, 0.05) is 23.8 Å². The summed E-state index contributed by atoms with van der Waals surface area (Å²) in [5.74, 6) is -0.162. The Bertz CT molecular complexity index is 832. The highest BCUT2D eigenvalue weighted by atomic mass is 17.3. The largest absolute Gasteiger partial charge is 0.348 e. The third-order valence-corrected chi connectivity index (χ3v) is 7.83. The monoisotopic (exact) mass is 433 g/mol. The quantitative estimate of drug-likeness (QED) is 0.426. The first-order valence-electron chi connectivity index (χ1n) is 11.2. The molecule has 0 unspecified atom stereocenters. The maximum absolute atomic E-state index is 11.5. The Balaban J connectivity index is 1.34. The highest BCUT2D eigenvalue weighted by molar-refractivity contribution is 5.93. The van der Waals surface area contributed by atoms with Crippen LogP contribution in [-0.2, 0) is 30.6 Å². The smallest absolute Gasteiger partial charge is 0.274 e. The van der Waals surface area contributed by atoms with Crippen molar-refractivity contribution in [2.75, 3.05) is 0 Å². The van der Waals surface area contributed by atoms with Crippen molar-refractivity contribution in [1.82, 2.24) is 5.48 Å². The summed E-state index contributed by atoms with van der Waals surface area (Å²) in [5.41, 5.74) is 2.34. The molecular formula is C23H31NO7. The molecule has 4 saturated heterocycles. The van der Waals surface area contributed by atoms with Crippen LogP contribution in [-0.4, -0.2) is 35.1 Å². The number of carbonyl (C=O) groups is 1. The average molecular weight is 434 g/mol. The van der Waals surface area contributed by atoms with Crippen LogP contribution in [0.25, 0.3) is 0 Å². The number of ether oxygens (including phenoxy) is 3. The summed E-state index contributed by atoms with van der Waals surface area (Å²) >= 11 is 0. The predicted molar refractivity (Wildman–Crippen MR) is 107 cm³/mol. The molecule has 5 aliphatic rings. The Hall–Kier alpha value is -1.55. The summed E-state index contributed by atoms with van der Waals surface area (Å²) in [7, 11) is 0. The van der Waals surface area contributed by atoms with Gasteiger partial charge >= 0.3 is 0 Å². The van der Waals surface area contributed by atoms with E-state index in [1.54, 1.807) is 29.7 Å². The van der Waals surface area contributed by atoms with Crippen LogP contribution in [0.4, 0.5) is 0 Å². The number of hydrogen-bond acceptors (Lipinski definition) is 7. The molecule has 31 heavy (non-hydrogen) atoms. The summed E-state index contributed by atoms with van der Waals surface area (Å²) in [6.07, 6.45) is 3.00. The van der Waals surface area contributed by atoms with Gasteiger partial charge in [0.25, 0.3) is 5.91 Å². The molecule has 8 atom stereocenters. The molecule has 1 aromatic carbocycles. The van der Waals surface area contributed by atoms with E-state index < -0.39 is 29.9 Å². The van der Waals surface area contributed by atoms with E-state index in [4.69, 9.17) is 29.2 Å². The first-order valence-corrected chi connectivity index (χ1v) is 11.2. The van der Waals surface area contributed by atoms with Gasteiger partial charge in [0.05, 0.1) is 6.61 Å². The molecule has 1 saturated carbocycles. The van der Waals surface area contributed by atoms with Crippen molar-refractivity contribution < 1.29 is 34.0 Å². The Morgan fingerprint density at radius 1 is 1.16 bits per heavy atom. The zero-order chi connectivity index (χ0) is 21.8. The van der Waals surface area contributed by atoms with E-state index in [2.05, 4.69) is 13.8 Å². The number of fused-ring (bicyclic) bond motifs is 2. The van der Waals surface area contributed by atoms with Crippen LogP contribution in [0.3, 0.4) is 0 Å². The van der Waals surface area contributed by atoms with Gasteiger partial charge in [-0.05, 0) is 55.7 Å². The van der Waals surface area contributed by atoms with E-state index in [-0.39, 0.29) is 11.8 Å². The van der Waals surface area contributed by atoms with Crippen molar-refractivity contribution in [3.05, 3.63) is 35.4 Å². The van der Waals surface area contributed by atoms with Crippen molar-refractivity contribution in [2.24, 2.45) is 23.7 Å². The van der Waals surface area contributed by atoms with Crippen molar-refractivity contribution in [3.63, 3.8) is 0 Å². The van der Waals surface area contributed by atoms with Crippen LogP contribution in [0.5, 0.6) is 0 Å². The third-order valence-electron chi connectivity index (χ3n) is 7.83. The number of nitrogens with one attached hydrogen (secondary N) is 1. The number of rotatable bonds is 4. The van der Waals surface area contributed by atoms with Crippen LogP contribution in [0, 0.1) is 23.7 Å². The third kappa shape index (κ3) is 3.41. The second kappa shape index (κ2) is 7.79. The van der Waals surface area contributed by atoms with Gasteiger partial charge in [-0.2, -0.15) is 0 Å². The van der Waals surface area contributed by atoms with E-state index in [1.165, 1.54) is 0 Å². The Kier molecular flexibility index (Phi) is 5.36. The van der Waals surface area contributed by atoms with Crippen molar-refractivity contribution in [1.29, 1.82) is 0 Å². The fourth-order valence-electron chi connectivity index (χ4n) is 6.06. The fourth-order valence-corrected chi connectivity index (χ4v) is 6.06. The van der Waals surface area contributed by atoms with E-state index in [9.17, 15) is 4.79 Å². The second-order valence-electron chi connectivity index (χ2n) is 9.72. The molecule has 2 bridgehead atoms. The lowest BCUT2D eigenvalue weighted by Crippen LogP contribution is -2.70. The molecule has 1 aromatic rings. The summed E-state index contributed by atoms with van der Waals surface area (Å²) in [4.78, 5) is 23.5. The lowest BCUT2D eigenvalue weighted by Gasteiger charge is -2.60. The molecule has 1 amide bonds. The number of hydrogen-bond donors (Lipinski definition) is 2. The van der Waals surface area contributed by atoms with Crippen molar-refractivity contribution >= 4 is 5.91 Å². The minimum Gasteiger partial charge on any atom is -0.348 e. The molecule has 1 spiro atoms. The highest BCUT2D eigenvalue weighted by Crippen LogP contribution is 2.60. The van der Waals surface area contributed by atoms with E-state index in [0.29, 0.717) is 24.0 Å². The van der Waals surface area contributed by atoms with E-state index in [1.807, 2.05) is 6.92 Å². The normalized spacial score (nSPS) is 43.7. The number of hydroxylamine groups is 1. The van der Waals surface area contributed by atoms with Gasteiger partial charge in [-0.15, -0.1) is 0 Å². The molecule has 170 valence electrons. The maximum Gasteiger partial charge on any atom is 0.274 e. The van der Waals surface area contributed by atoms with Gasteiger partial charge in [0.15, 0.2) is 18.2 Å². The number of benzene rings is 1. The lowest BCUT2D eigenvalue weighted by molar-refractivity contribution is -0.577. The molecule has 4 aliphatic heterocycles. The Morgan fingerprint density at radius 3 is 2.68 bits per heavy atom. The number of carbonyl (C=O) groups excluding carboxylic acids is 1. The van der Waals surface area contributed by atoms with E-state index >= 15 is 0 Å². The summed E-state index contributed by atoms with van der Waals surface area (Å²) in [6, 6.07) is 6.91. The van der Waals surface area contributed by atoms with Gasteiger partial charge in [-0.1, -0.05) is 26.0 Å². The van der Waals surface area contributed by atoms with E-state index in [0.717, 1.165) is 31.2 Å². The Labute approximate surface area is 182 Å². The minimum absolute atomic E-state index is 0.111. The molecule has 2 N–H and O–H groups in total.